The zero-order valence-corrected chi connectivity index (χ0v) is 23.4. The lowest BCUT2D eigenvalue weighted by molar-refractivity contribution is -0.143. The van der Waals surface area contributed by atoms with E-state index in [2.05, 4.69) is 15.6 Å². The van der Waals surface area contributed by atoms with E-state index >= 15 is 0 Å². The Labute approximate surface area is 244 Å². The van der Waals surface area contributed by atoms with Gasteiger partial charge in [0, 0.05) is 25.7 Å². The van der Waals surface area contributed by atoms with Crippen molar-refractivity contribution in [3.8, 4) is 0 Å². The summed E-state index contributed by atoms with van der Waals surface area (Å²) in [5.74, 6) is -3.20. The molecule has 220 valence electrons. The van der Waals surface area contributed by atoms with Crippen LogP contribution in [0.1, 0.15) is 42.4 Å². The van der Waals surface area contributed by atoms with Gasteiger partial charge in [0.25, 0.3) is 0 Å². The lowest BCUT2D eigenvalue weighted by atomic mass is 9.89. The van der Waals surface area contributed by atoms with E-state index in [1.807, 2.05) is 60.7 Å². The Morgan fingerprint density at radius 1 is 0.881 bits per heavy atom. The van der Waals surface area contributed by atoms with Gasteiger partial charge >= 0.3 is 5.97 Å². The van der Waals surface area contributed by atoms with Crippen molar-refractivity contribution in [2.75, 3.05) is 18.4 Å². The number of carbonyl (C=O) groups is 4. The van der Waals surface area contributed by atoms with Crippen molar-refractivity contribution in [2.24, 2.45) is 16.5 Å². The summed E-state index contributed by atoms with van der Waals surface area (Å²) < 4.78 is 0. The number of nitrogens with two attached hydrogens (primary N) is 2. The molecular formula is C31H36N6O5. The largest absolute Gasteiger partial charge is 0.480 e. The molecule has 0 unspecified atom stereocenters. The number of rotatable bonds is 14. The molecule has 0 aliphatic rings. The smallest absolute Gasteiger partial charge is 0.322 e. The van der Waals surface area contributed by atoms with Crippen LogP contribution >= 0.6 is 0 Å². The minimum atomic E-state index is -1.21. The van der Waals surface area contributed by atoms with E-state index in [1.54, 1.807) is 24.3 Å². The number of hydrogen-bond donors (Lipinski definition) is 5. The number of carboxylic acid groups (broad SMARTS) is 1. The van der Waals surface area contributed by atoms with E-state index in [4.69, 9.17) is 11.5 Å². The molecule has 0 aromatic heterocycles. The van der Waals surface area contributed by atoms with Gasteiger partial charge in [-0.1, -0.05) is 72.8 Å². The molecule has 0 spiro atoms. The number of guanidine groups is 1. The molecule has 42 heavy (non-hydrogen) atoms. The van der Waals surface area contributed by atoms with E-state index < -0.39 is 30.4 Å². The maximum absolute atomic E-state index is 14.6. The number of carboxylic acids is 1. The normalized spacial score (nSPS) is 11.3. The van der Waals surface area contributed by atoms with Gasteiger partial charge in [-0.3, -0.25) is 24.2 Å². The molecule has 0 fully saturated rings. The fourth-order valence-corrected chi connectivity index (χ4v) is 4.57. The number of hydrogen-bond acceptors (Lipinski definition) is 5. The summed E-state index contributed by atoms with van der Waals surface area (Å²) in [6, 6.07) is 24.4. The van der Waals surface area contributed by atoms with Gasteiger partial charge in [-0.15, -0.1) is 0 Å². The summed E-state index contributed by atoms with van der Waals surface area (Å²) in [5.41, 5.74) is 13.7. The molecule has 0 aliphatic carbocycles. The highest BCUT2D eigenvalue weighted by Gasteiger charge is 2.35. The number of amides is 3. The van der Waals surface area contributed by atoms with Crippen LogP contribution in [0.2, 0.25) is 0 Å². The molecule has 0 bridgehead atoms. The second-order valence-corrected chi connectivity index (χ2v) is 9.67. The van der Waals surface area contributed by atoms with Crippen molar-refractivity contribution < 1.29 is 24.3 Å². The minimum absolute atomic E-state index is 0.0445. The number of benzene rings is 3. The second-order valence-electron chi connectivity index (χ2n) is 9.67. The number of nitrogens with zero attached hydrogens (tertiary/aromatic N) is 2. The van der Waals surface area contributed by atoms with Crippen LogP contribution in [0.5, 0.6) is 0 Å². The highest BCUT2D eigenvalue weighted by atomic mass is 16.4. The monoisotopic (exact) mass is 572 g/mol. The molecule has 11 heteroatoms. The first-order valence-electron chi connectivity index (χ1n) is 13.5. The van der Waals surface area contributed by atoms with Gasteiger partial charge < -0.3 is 32.1 Å². The Bertz CT molecular complexity index is 1340. The van der Waals surface area contributed by atoms with Crippen molar-refractivity contribution >= 4 is 35.3 Å². The first-order chi connectivity index (χ1) is 20.2. The van der Waals surface area contributed by atoms with Crippen molar-refractivity contribution in [3.05, 3.63) is 102 Å². The maximum atomic E-state index is 14.6. The van der Waals surface area contributed by atoms with Gasteiger partial charge in [0.2, 0.25) is 17.7 Å². The van der Waals surface area contributed by atoms with Crippen LogP contribution in [0.15, 0.2) is 89.9 Å². The number of nitrogens with one attached hydrogen (secondary N) is 2. The topological polar surface area (TPSA) is 180 Å². The number of aliphatic imine (C=N–C) groups is 1. The van der Waals surface area contributed by atoms with Crippen molar-refractivity contribution in [1.82, 2.24) is 10.2 Å². The van der Waals surface area contributed by atoms with Crippen LogP contribution in [0.3, 0.4) is 0 Å². The highest BCUT2D eigenvalue weighted by molar-refractivity contribution is 5.93. The lowest BCUT2D eigenvalue weighted by Crippen LogP contribution is -2.51. The van der Waals surface area contributed by atoms with E-state index in [1.165, 1.54) is 11.8 Å². The van der Waals surface area contributed by atoms with Gasteiger partial charge in [0.15, 0.2) is 5.96 Å². The Kier molecular flexibility index (Phi) is 11.6. The zero-order chi connectivity index (χ0) is 30.5. The molecule has 3 aromatic rings. The Morgan fingerprint density at radius 3 is 1.95 bits per heavy atom. The van der Waals surface area contributed by atoms with Crippen LogP contribution < -0.4 is 22.1 Å². The number of aliphatic carboxylic acids is 1. The lowest BCUT2D eigenvalue weighted by Gasteiger charge is -2.34. The molecule has 1 atom stereocenters. The molecule has 0 heterocycles. The third kappa shape index (κ3) is 9.47. The standard InChI is InChI=1S/C31H36N6O5/c1-21(38)36-25-16-14-22(15-17-25)20-37(26(13-8-18-34-31(32)33)29(41)35-19-27(39)40)30(42)28(23-9-4-2-5-10-23)24-11-6-3-7-12-24/h2-7,9-12,14-17,26,28H,8,13,18-20H2,1H3,(H,35,41)(H,36,38)(H,39,40)(H4,32,33,34)/t26-/m1/s1. The molecule has 7 N–H and O–H groups in total. The van der Waals surface area contributed by atoms with Crippen LogP contribution in [0, 0.1) is 0 Å². The molecular weight excluding hydrogens is 536 g/mol. The van der Waals surface area contributed by atoms with Gasteiger partial charge in [-0.05, 0) is 41.7 Å². The Hall–Kier alpha value is -5.19. The summed E-state index contributed by atoms with van der Waals surface area (Å²) in [6.07, 6.45) is 0.532. The molecule has 0 radical (unpaired) electrons. The van der Waals surface area contributed by atoms with Crippen LogP contribution in [0.25, 0.3) is 0 Å². The molecule has 3 aromatic carbocycles. The van der Waals surface area contributed by atoms with Crippen molar-refractivity contribution in [2.45, 2.75) is 38.3 Å². The Morgan fingerprint density at radius 2 is 1.45 bits per heavy atom. The third-order valence-electron chi connectivity index (χ3n) is 6.45. The molecule has 3 amide bonds. The van der Waals surface area contributed by atoms with Crippen molar-refractivity contribution in [1.29, 1.82) is 0 Å². The predicted molar refractivity (Wildman–Crippen MR) is 160 cm³/mol. The molecule has 11 nitrogen and oxygen atoms in total. The third-order valence-corrected chi connectivity index (χ3v) is 6.45. The van der Waals surface area contributed by atoms with E-state index in [9.17, 15) is 24.3 Å². The summed E-state index contributed by atoms with van der Waals surface area (Å²) in [7, 11) is 0. The van der Waals surface area contributed by atoms with E-state index in [0.29, 0.717) is 17.7 Å². The number of carbonyl (C=O) groups excluding carboxylic acids is 3. The van der Waals surface area contributed by atoms with Crippen molar-refractivity contribution in [3.63, 3.8) is 0 Å². The molecule has 3 rings (SSSR count). The zero-order valence-electron chi connectivity index (χ0n) is 23.4. The average Bonchev–Trinajstić information content (AvgIpc) is 2.96. The van der Waals surface area contributed by atoms with Gasteiger partial charge in [0.05, 0.1) is 5.92 Å². The minimum Gasteiger partial charge on any atom is -0.480 e. The Balaban J connectivity index is 2.07. The van der Waals surface area contributed by atoms with E-state index in [0.717, 1.165) is 11.1 Å². The second kappa shape index (κ2) is 15.6. The predicted octanol–water partition coefficient (Wildman–Crippen LogP) is 2.43. The first kappa shape index (κ1) is 31.3. The molecule has 0 saturated carbocycles. The summed E-state index contributed by atoms with van der Waals surface area (Å²) in [6.45, 7) is 1.07. The SMILES string of the molecule is CC(=O)Nc1ccc(CN(C(=O)C(c2ccccc2)c2ccccc2)[C@H](CCCN=C(N)N)C(=O)NCC(=O)O)cc1. The quantitative estimate of drug-likeness (QED) is 0.112. The van der Waals surface area contributed by atoms with Gasteiger partial charge in [-0.25, -0.2) is 0 Å². The number of anilines is 1. The summed E-state index contributed by atoms with van der Waals surface area (Å²) >= 11 is 0. The molecule has 0 saturated heterocycles. The van der Waals surface area contributed by atoms with E-state index in [-0.39, 0.29) is 37.3 Å². The average molecular weight is 573 g/mol. The molecule has 0 aliphatic heterocycles. The van der Waals surface area contributed by atoms with Crippen LogP contribution in [-0.4, -0.2) is 58.8 Å². The van der Waals surface area contributed by atoms with Crippen LogP contribution in [-0.2, 0) is 25.7 Å². The van der Waals surface area contributed by atoms with Crippen LogP contribution in [0.4, 0.5) is 5.69 Å². The van der Waals surface area contributed by atoms with Gasteiger partial charge in [-0.2, -0.15) is 0 Å². The highest BCUT2D eigenvalue weighted by Crippen LogP contribution is 2.29. The van der Waals surface area contributed by atoms with Gasteiger partial charge in [0.1, 0.15) is 12.6 Å². The maximum Gasteiger partial charge on any atom is 0.322 e. The first-order valence-corrected chi connectivity index (χ1v) is 13.5. The fraction of sp³-hybridized carbons (Fsp3) is 0.258. The summed E-state index contributed by atoms with van der Waals surface area (Å²) in [5, 5.41) is 14.4. The summed E-state index contributed by atoms with van der Waals surface area (Å²) in [4.78, 5) is 56.3. The fourth-order valence-electron chi connectivity index (χ4n) is 4.57.